The van der Waals surface area contributed by atoms with Crippen LogP contribution in [-0.2, 0) is 23.8 Å². The molecule has 0 fully saturated rings. The van der Waals surface area contributed by atoms with Crippen molar-refractivity contribution in [3.63, 3.8) is 0 Å². The third-order valence-electron chi connectivity index (χ3n) is 4.15. The summed E-state index contributed by atoms with van der Waals surface area (Å²) in [6, 6.07) is -0.0959. The van der Waals surface area contributed by atoms with E-state index >= 15 is 0 Å². The van der Waals surface area contributed by atoms with Crippen molar-refractivity contribution >= 4 is 16.1 Å². The molecule has 0 bridgehead atoms. The summed E-state index contributed by atoms with van der Waals surface area (Å²) >= 11 is 0. The zero-order chi connectivity index (χ0) is 21.8. The molecule has 0 amide bonds. The Kier molecular flexibility index (Phi) is 7.14. The lowest BCUT2D eigenvalue weighted by Gasteiger charge is -2.26. The third-order valence-corrected chi connectivity index (χ3v) is 5.13. The van der Waals surface area contributed by atoms with Gasteiger partial charge in [0.1, 0.15) is 18.6 Å². The van der Waals surface area contributed by atoms with Gasteiger partial charge in [0.05, 0.1) is 18.6 Å². The molecule has 2 rings (SSSR count). The number of halogens is 3. The number of alkyl halides is 3. The lowest BCUT2D eigenvalue weighted by atomic mass is 9.88. The van der Waals surface area contributed by atoms with E-state index in [2.05, 4.69) is 14.5 Å². The van der Waals surface area contributed by atoms with Crippen LogP contribution in [0.25, 0.3) is 0 Å². The largest absolute Gasteiger partial charge is 0.534 e. The van der Waals surface area contributed by atoms with Gasteiger partial charge in [-0.1, -0.05) is 5.21 Å². The minimum Gasteiger partial charge on any atom is -0.472 e. The van der Waals surface area contributed by atoms with Crippen LogP contribution in [0.1, 0.15) is 46.1 Å². The summed E-state index contributed by atoms with van der Waals surface area (Å²) in [6.07, 6.45) is 1.18. The Labute approximate surface area is 165 Å². The Morgan fingerprint density at radius 3 is 2.66 bits per heavy atom. The monoisotopic (exact) mass is 441 g/mol. The van der Waals surface area contributed by atoms with Gasteiger partial charge in [0, 0.05) is 12.0 Å². The van der Waals surface area contributed by atoms with Crippen molar-refractivity contribution in [2.75, 3.05) is 13.2 Å². The van der Waals surface area contributed by atoms with Gasteiger partial charge in [-0.3, -0.25) is 4.79 Å². The summed E-state index contributed by atoms with van der Waals surface area (Å²) in [5.41, 5.74) is -5.44. The molecule has 1 aliphatic rings. The topological polar surface area (TPSA) is 110 Å². The standard InChI is InChI=1S/C16H22F3N3O6S/c1-4-26-15(23)11-5-6-13(28-29(24,25)16(17,18)19)12(7-11)9-27-14-8-20-21-22(14)10(2)3/h8,10-11H,4-7,9H2,1-3H3. The first-order valence-corrected chi connectivity index (χ1v) is 10.3. The Morgan fingerprint density at radius 1 is 1.38 bits per heavy atom. The van der Waals surface area contributed by atoms with Crippen molar-refractivity contribution in [3.8, 4) is 5.88 Å². The number of nitrogens with zero attached hydrogens (tertiary/aromatic N) is 3. The molecular weight excluding hydrogens is 419 g/mol. The Balaban J connectivity index is 2.27. The highest BCUT2D eigenvalue weighted by atomic mass is 32.2. The number of hydrogen-bond donors (Lipinski definition) is 0. The molecular formula is C16H22F3N3O6S. The maximum absolute atomic E-state index is 12.7. The van der Waals surface area contributed by atoms with Crippen LogP contribution in [0.15, 0.2) is 17.5 Å². The highest BCUT2D eigenvalue weighted by Crippen LogP contribution is 2.35. The summed E-state index contributed by atoms with van der Waals surface area (Å²) in [6.45, 7) is 5.13. The Hall–Kier alpha value is -2.31. The highest BCUT2D eigenvalue weighted by Gasteiger charge is 2.49. The van der Waals surface area contributed by atoms with E-state index in [0.717, 1.165) is 0 Å². The van der Waals surface area contributed by atoms with Crippen LogP contribution in [0.5, 0.6) is 5.88 Å². The summed E-state index contributed by atoms with van der Waals surface area (Å²) in [7, 11) is -5.83. The van der Waals surface area contributed by atoms with Gasteiger partial charge in [-0.25, -0.2) is 4.68 Å². The molecule has 1 aliphatic carbocycles. The van der Waals surface area contributed by atoms with E-state index in [-0.39, 0.29) is 55.7 Å². The van der Waals surface area contributed by atoms with Crippen molar-refractivity contribution in [2.45, 2.75) is 51.6 Å². The number of hydrogen-bond acceptors (Lipinski definition) is 8. The molecule has 0 spiro atoms. The van der Waals surface area contributed by atoms with E-state index < -0.39 is 27.5 Å². The number of esters is 1. The van der Waals surface area contributed by atoms with Crippen LogP contribution in [-0.4, -0.2) is 48.1 Å². The fourth-order valence-corrected chi connectivity index (χ4v) is 3.29. The first-order chi connectivity index (χ1) is 13.5. The molecule has 0 aliphatic heterocycles. The maximum atomic E-state index is 12.7. The number of rotatable bonds is 8. The summed E-state index contributed by atoms with van der Waals surface area (Å²) < 4.78 is 77.3. The maximum Gasteiger partial charge on any atom is 0.534 e. The molecule has 164 valence electrons. The van der Waals surface area contributed by atoms with Gasteiger partial charge < -0.3 is 13.7 Å². The number of aromatic nitrogens is 3. The summed E-state index contributed by atoms with van der Waals surface area (Å²) in [5, 5.41) is 7.54. The van der Waals surface area contributed by atoms with Crippen molar-refractivity contribution < 1.29 is 40.0 Å². The normalized spacial score (nSPS) is 18.1. The molecule has 1 aromatic rings. The fraction of sp³-hybridized carbons (Fsp3) is 0.688. The van der Waals surface area contributed by atoms with Crippen LogP contribution in [0, 0.1) is 5.92 Å². The van der Waals surface area contributed by atoms with Crippen molar-refractivity contribution in [2.24, 2.45) is 5.92 Å². The van der Waals surface area contributed by atoms with Gasteiger partial charge >= 0.3 is 21.6 Å². The van der Waals surface area contributed by atoms with Crippen LogP contribution in [0.4, 0.5) is 13.2 Å². The number of carbonyl (C=O) groups excluding carboxylic acids is 1. The number of allylic oxidation sites excluding steroid dienone is 1. The molecule has 9 nitrogen and oxygen atoms in total. The van der Waals surface area contributed by atoms with Gasteiger partial charge in [-0.2, -0.15) is 21.6 Å². The Morgan fingerprint density at radius 2 is 2.07 bits per heavy atom. The van der Waals surface area contributed by atoms with Gasteiger partial charge in [-0.05, 0) is 33.6 Å². The van der Waals surface area contributed by atoms with Crippen molar-refractivity contribution in [3.05, 3.63) is 17.5 Å². The number of ether oxygens (including phenoxy) is 2. The summed E-state index contributed by atoms with van der Waals surface area (Å²) in [4.78, 5) is 12.0. The quantitative estimate of drug-likeness (QED) is 0.344. The second-order valence-corrected chi connectivity index (χ2v) is 8.14. The molecule has 0 N–H and O–H groups in total. The van der Waals surface area contributed by atoms with Gasteiger partial charge in [0.15, 0.2) is 0 Å². The van der Waals surface area contributed by atoms with Crippen molar-refractivity contribution in [1.29, 1.82) is 0 Å². The average Bonchev–Trinajstić information content (AvgIpc) is 3.08. The first-order valence-electron chi connectivity index (χ1n) is 8.87. The van der Waals surface area contributed by atoms with Gasteiger partial charge in [0.2, 0.25) is 5.88 Å². The molecule has 0 saturated carbocycles. The van der Waals surface area contributed by atoms with E-state index in [4.69, 9.17) is 9.47 Å². The second-order valence-electron chi connectivity index (χ2n) is 6.60. The predicted octanol–water partition coefficient (Wildman–Crippen LogP) is 2.72. The van der Waals surface area contributed by atoms with Gasteiger partial charge in [0.25, 0.3) is 0 Å². The average molecular weight is 441 g/mol. The van der Waals surface area contributed by atoms with E-state index in [9.17, 15) is 26.4 Å². The summed E-state index contributed by atoms with van der Waals surface area (Å²) in [5.74, 6) is -1.30. The van der Waals surface area contributed by atoms with Gasteiger partial charge in [-0.15, -0.1) is 5.10 Å². The highest BCUT2D eigenvalue weighted by molar-refractivity contribution is 7.87. The third kappa shape index (κ3) is 5.61. The predicted molar refractivity (Wildman–Crippen MR) is 93.0 cm³/mol. The molecule has 0 radical (unpaired) electrons. The van der Waals surface area contributed by atoms with E-state index in [1.165, 1.54) is 10.9 Å². The van der Waals surface area contributed by atoms with Crippen LogP contribution in [0.3, 0.4) is 0 Å². The molecule has 1 unspecified atom stereocenters. The zero-order valence-electron chi connectivity index (χ0n) is 16.1. The molecule has 1 heterocycles. The molecule has 1 atom stereocenters. The van der Waals surface area contributed by atoms with E-state index in [0.29, 0.717) is 0 Å². The molecule has 1 aromatic heterocycles. The molecule has 29 heavy (non-hydrogen) atoms. The minimum atomic E-state index is -5.83. The molecule has 0 saturated heterocycles. The Bertz CT molecular complexity index is 863. The van der Waals surface area contributed by atoms with Crippen LogP contribution < -0.4 is 4.74 Å². The first kappa shape index (κ1) is 23.0. The SMILES string of the molecule is CCOC(=O)C1CCC(OS(=O)(=O)C(F)(F)F)=C(COc2cnnn2C(C)C)C1. The van der Waals surface area contributed by atoms with E-state index in [1.54, 1.807) is 6.92 Å². The molecule has 13 heteroatoms. The second kappa shape index (κ2) is 9.01. The lowest BCUT2D eigenvalue weighted by molar-refractivity contribution is -0.148. The van der Waals surface area contributed by atoms with Crippen LogP contribution in [0.2, 0.25) is 0 Å². The van der Waals surface area contributed by atoms with Crippen molar-refractivity contribution in [1.82, 2.24) is 15.0 Å². The lowest BCUT2D eigenvalue weighted by Crippen LogP contribution is -2.29. The minimum absolute atomic E-state index is 0.0508. The number of carbonyl (C=O) groups is 1. The zero-order valence-corrected chi connectivity index (χ0v) is 16.9. The smallest absolute Gasteiger partial charge is 0.472 e. The van der Waals surface area contributed by atoms with E-state index in [1.807, 2.05) is 13.8 Å². The van der Waals surface area contributed by atoms with Crippen LogP contribution >= 0.6 is 0 Å². The molecule has 0 aromatic carbocycles. The fourth-order valence-electron chi connectivity index (χ4n) is 2.73.